The van der Waals surface area contributed by atoms with E-state index in [4.69, 9.17) is 5.73 Å². The van der Waals surface area contributed by atoms with E-state index in [0.29, 0.717) is 23.4 Å². The lowest BCUT2D eigenvalue weighted by molar-refractivity contribution is 0.177. The van der Waals surface area contributed by atoms with Crippen molar-refractivity contribution in [2.24, 2.45) is 0 Å². The molecule has 0 spiro atoms. The number of anilines is 1. The van der Waals surface area contributed by atoms with Crippen LogP contribution in [-0.4, -0.2) is 36.2 Å². The van der Waals surface area contributed by atoms with Gasteiger partial charge in [0.25, 0.3) is 0 Å². The first-order chi connectivity index (χ1) is 7.75. The summed E-state index contributed by atoms with van der Waals surface area (Å²) in [6, 6.07) is 0.161. The monoisotopic (exact) mass is 220 g/mol. The van der Waals surface area contributed by atoms with Crippen LogP contribution in [-0.2, 0) is 0 Å². The molecule has 0 amide bonds. The zero-order valence-electron chi connectivity index (χ0n) is 8.61. The van der Waals surface area contributed by atoms with Gasteiger partial charge in [-0.3, -0.25) is 0 Å². The van der Waals surface area contributed by atoms with Gasteiger partial charge in [0.05, 0.1) is 12.1 Å². The van der Waals surface area contributed by atoms with Crippen molar-refractivity contribution >= 4 is 17.0 Å². The Kier molecular flexibility index (Phi) is 2.00. The maximum atomic E-state index is 9.51. The Morgan fingerprint density at radius 2 is 2.25 bits per heavy atom. The minimum absolute atomic E-state index is 0.161. The molecule has 1 saturated carbocycles. The number of aliphatic hydroxyl groups excluding tert-OH is 1. The molecule has 7 nitrogen and oxygen atoms in total. The van der Waals surface area contributed by atoms with Gasteiger partial charge in [-0.1, -0.05) is 5.21 Å². The van der Waals surface area contributed by atoms with Crippen LogP contribution in [0.15, 0.2) is 6.33 Å². The second kappa shape index (κ2) is 3.38. The third-order valence-electron chi connectivity index (χ3n) is 3.01. The molecular formula is C9H12N6O. The SMILES string of the molecule is Nc1ncnc2c1nnn2C1CCC(O)C1. The van der Waals surface area contributed by atoms with E-state index in [9.17, 15) is 5.11 Å². The number of aromatic nitrogens is 5. The van der Waals surface area contributed by atoms with Gasteiger partial charge in [-0.15, -0.1) is 5.10 Å². The van der Waals surface area contributed by atoms with Crippen molar-refractivity contribution in [3.05, 3.63) is 6.33 Å². The Hall–Kier alpha value is -1.76. The van der Waals surface area contributed by atoms with Crippen LogP contribution in [0.3, 0.4) is 0 Å². The van der Waals surface area contributed by atoms with Crippen molar-refractivity contribution in [3.8, 4) is 0 Å². The highest BCUT2D eigenvalue weighted by Gasteiger charge is 2.27. The molecule has 84 valence electrons. The Bertz CT molecular complexity index is 524. The average Bonchev–Trinajstić information content (AvgIpc) is 2.84. The zero-order chi connectivity index (χ0) is 11.1. The molecule has 0 aliphatic heterocycles. The second-order valence-corrected chi connectivity index (χ2v) is 4.09. The van der Waals surface area contributed by atoms with Crippen LogP contribution in [0.5, 0.6) is 0 Å². The number of nitrogen functional groups attached to an aromatic ring is 1. The van der Waals surface area contributed by atoms with Gasteiger partial charge >= 0.3 is 0 Å². The Morgan fingerprint density at radius 3 is 3.00 bits per heavy atom. The highest BCUT2D eigenvalue weighted by atomic mass is 16.3. The average molecular weight is 220 g/mol. The molecule has 0 aromatic carbocycles. The first-order valence-electron chi connectivity index (χ1n) is 5.25. The molecule has 2 aromatic heterocycles. The predicted octanol–water partition coefficient (Wildman–Crippen LogP) is -0.111. The molecule has 3 N–H and O–H groups in total. The number of hydrogen-bond donors (Lipinski definition) is 2. The largest absolute Gasteiger partial charge is 0.393 e. The molecule has 0 radical (unpaired) electrons. The molecule has 2 unspecified atom stereocenters. The molecule has 1 fully saturated rings. The van der Waals surface area contributed by atoms with Crippen LogP contribution >= 0.6 is 0 Å². The lowest BCUT2D eigenvalue weighted by Gasteiger charge is -2.08. The van der Waals surface area contributed by atoms with Crippen LogP contribution in [0.2, 0.25) is 0 Å². The molecule has 7 heteroatoms. The number of aliphatic hydroxyl groups is 1. The third-order valence-corrected chi connectivity index (χ3v) is 3.01. The predicted molar refractivity (Wildman–Crippen MR) is 56.4 cm³/mol. The summed E-state index contributed by atoms with van der Waals surface area (Å²) in [5, 5.41) is 17.5. The Balaban J connectivity index is 2.08. The second-order valence-electron chi connectivity index (χ2n) is 4.09. The van der Waals surface area contributed by atoms with Gasteiger partial charge in [0.1, 0.15) is 6.33 Å². The van der Waals surface area contributed by atoms with Gasteiger partial charge in [-0.05, 0) is 19.3 Å². The third kappa shape index (κ3) is 1.32. The van der Waals surface area contributed by atoms with Gasteiger partial charge in [0.2, 0.25) is 0 Å². The van der Waals surface area contributed by atoms with Gasteiger partial charge in [0, 0.05) is 0 Å². The molecule has 3 rings (SSSR count). The summed E-state index contributed by atoms with van der Waals surface area (Å²) < 4.78 is 1.74. The fourth-order valence-corrected chi connectivity index (χ4v) is 2.18. The summed E-state index contributed by atoms with van der Waals surface area (Å²) in [5.74, 6) is 0.342. The molecule has 16 heavy (non-hydrogen) atoms. The van der Waals surface area contributed by atoms with E-state index in [0.717, 1.165) is 12.8 Å². The minimum atomic E-state index is -0.247. The van der Waals surface area contributed by atoms with Gasteiger partial charge < -0.3 is 10.8 Å². The van der Waals surface area contributed by atoms with Crippen molar-refractivity contribution in [1.29, 1.82) is 0 Å². The van der Waals surface area contributed by atoms with Crippen LogP contribution < -0.4 is 5.73 Å². The summed E-state index contributed by atoms with van der Waals surface area (Å²) in [6.07, 6.45) is 3.55. The van der Waals surface area contributed by atoms with Gasteiger partial charge in [0.15, 0.2) is 17.0 Å². The van der Waals surface area contributed by atoms with E-state index >= 15 is 0 Å². The van der Waals surface area contributed by atoms with Crippen molar-refractivity contribution < 1.29 is 5.11 Å². The van der Waals surface area contributed by atoms with Crippen LogP contribution in [0.4, 0.5) is 5.82 Å². The maximum absolute atomic E-state index is 9.51. The van der Waals surface area contributed by atoms with E-state index in [-0.39, 0.29) is 12.1 Å². The number of fused-ring (bicyclic) bond motifs is 1. The standard InChI is InChI=1S/C9H12N6O/c10-8-7-9(12-4-11-8)15(14-13-7)5-1-2-6(16)3-5/h4-6,16H,1-3H2,(H2,10,11,12). The summed E-state index contributed by atoms with van der Waals surface area (Å²) in [4.78, 5) is 8.00. The normalized spacial score (nSPS) is 25.3. The van der Waals surface area contributed by atoms with Crippen LogP contribution in [0.25, 0.3) is 11.2 Å². The smallest absolute Gasteiger partial charge is 0.184 e. The molecular weight excluding hydrogens is 208 g/mol. The number of hydrogen-bond acceptors (Lipinski definition) is 6. The van der Waals surface area contributed by atoms with E-state index in [1.54, 1.807) is 4.68 Å². The molecule has 0 bridgehead atoms. The number of nitrogens with zero attached hydrogens (tertiary/aromatic N) is 5. The maximum Gasteiger partial charge on any atom is 0.184 e. The number of nitrogens with two attached hydrogens (primary N) is 1. The van der Waals surface area contributed by atoms with Gasteiger partial charge in [-0.25, -0.2) is 14.6 Å². The van der Waals surface area contributed by atoms with Crippen molar-refractivity contribution in [2.45, 2.75) is 31.4 Å². The summed E-state index contributed by atoms with van der Waals surface area (Å²) in [7, 11) is 0. The Labute approximate surface area is 91.3 Å². The molecule has 2 aromatic rings. The first-order valence-corrected chi connectivity index (χ1v) is 5.25. The highest BCUT2D eigenvalue weighted by molar-refractivity contribution is 5.80. The van der Waals surface area contributed by atoms with E-state index < -0.39 is 0 Å². The summed E-state index contributed by atoms with van der Waals surface area (Å²) >= 11 is 0. The van der Waals surface area contributed by atoms with Crippen molar-refractivity contribution in [3.63, 3.8) is 0 Å². The van der Waals surface area contributed by atoms with E-state index in [1.807, 2.05) is 0 Å². The summed E-state index contributed by atoms with van der Waals surface area (Å²) in [6.45, 7) is 0. The van der Waals surface area contributed by atoms with Gasteiger partial charge in [-0.2, -0.15) is 0 Å². The lowest BCUT2D eigenvalue weighted by Crippen LogP contribution is -2.09. The van der Waals surface area contributed by atoms with Crippen molar-refractivity contribution in [2.75, 3.05) is 5.73 Å². The summed E-state index contributed by atoms with van der Waals surface area (Å²) in [5.41, 5.74) is 6.86. The quantitative estimate of drug-likeness (QED) is 0.695. The van der Waals surface area contributed by atoms with E-state index in [2.05, 4.69) is 20.3 Å². The molecule has 1 aliphatic carbocycles. The van der Waals surface area contributed by atoms with Crippen LogP contribution in [0.1, 0.15) is 25.3 Å². The number of rotatable bonds is 1. The fraction of sp³-hybridized carbons (Fsp3) is 0.556. The topological polar surface area (TPSA) is 103 Å². The lowest BCUT2D eigenvalue weighted by atomic mass is 10.2. The van der Waals surface area contributed by atoms with Crippen molar-refractivity contribution in [1.82, 2.24) is 25.0 Å². The molecule has 1 aliphatic rings. The first kappa shape index (κ1) is 9.46. The minimum Gasteiger partial charge on any atom is -0.393 e. The van der Waals surface area contributed by atoms with E-state index in [1.165, 1.54) is 6.33 Å². The molecule has 2 heterocycles. The fourth-order valence-electron chi connectivity index (χ4n) is 2.18. The van der Waals surface area contributed by atoms with Crippen LogP contribution in [0, 0.1) is 0 Å². The zero-order valence-corrected chi connectivity index (χ0v) is 8.61. The molecule has 2 atom stereocenters. The molecule has 0 saturated heterocycles. The Morgan fingerprint density at radius 1 is 1.38 bits per heavy atom. The highest BCUT2D eigenvalue weighted by Crippen LogP contribution is 2.31.